The van der Waals surface area contributed by atoms with E-state index in [4.69, 9.17) is 4.42 Å². The standard InChI is InChI=1S/C24H19F2N3O3S2/c1-13-28-21(22(34-13)14-5-6-18(25)19(26)9-14)24(31)29-12-33-11-15(29)10-27-23(30)17-3-2-4-20-16(17)7-8-32-20/h2-9,15H,10-12H2,1H3,(H,27,30)/t15-/m1/s1. The number of aryl methyl sites for hydroxylation is 1. The highest BCUT2D eigenvalue weighted by Gasteiger charge is 2.33. The lowest BCUT2D eigenvalue weighted by Crippen LogP contribution is -2.44. The van der Waals surface area contributed by atoms with Crippen molar-refractivity contribution < 1.29 is 22.8 Å². The highest BCUT2D eigenvalue weighted by atomic mass is 32.2. The molecule has 0 aliphatic carbocycles. The predicted octanol–water partition coefficient (Wildman–Crippen LogP) is 5.09. The quantitative estimate of drug-likeness (QED) is 0.414. The fourth-order valence-corrected chi connectivity index (χ4v) is 6.02. The molecule has 2 amide bonds. The fourth-order valence-electron chi connectivity index (χ4n) is 3.91. The molecule has 1 aliphatic rings. The number of amides is 2. The molecule has 1 fully saturated rings. The van der Waals surface area contributed by atoms with Crippen LogP contribution in [0.1, 0.15) is 25.9 Å². The lowest BCUT2D eigenvalue weighted by molar-refractivity contribution is 0.0732. The molecule has 3 heterocycles. The van der Waals surface area contributed by atoms with Crippen LogP contribution in [0.3, 0.4) is 0 Å². The molecule has 0 bridgehead atoms. The minimum absolute atomic E-state index is 0.204. The van der Waals surface area contributed by atoms with E-state index in [1.807, 2.05) is 0 Å². The number of fused-ring (bicyclic) bond motifs is 1. The molecule has 4 aromatic rings. The molecule has 0 unspecified atom stereocenters. The van der Waals surface area contributed by atoms with Crippen LogP contribution < -0.4 is 5.32 Å². The second-order valence-corrected chi connectivity index (χ2v) is 10.0. The molecule has 10 heteroatoms. The summed E-state index contributed by atoms with van der Waals surface area (Å²) < 4.78 is 32.6. The van der Waals surface area contributed by atoms with Gasteiger partial charge in [0.15, 0.2) is 11.6 Å². The summed E-state index contributed by atoms with van der Waals surface area (Å²) in [7, 11) is 0. The van der Waals surface area contributed by atoms with Crippen LogP contribution in [0.25, 0.3) is 21.4 Å². The topological polar surface area (TPSA) is 75.4 Å². The monoisotopic (exact) mass is 499 g/mol. The van der Waals surface area contributed by atoms with Crippen LogP contribution in [0.4, 0.5) is 8.78 Å². The van der Waals surface area contributed by atoms with Gasteiger partial charge >= 0.3 is 0 Å². The first-order chi connectivity index (χ1) is 16.4. The zero-order valence-corrected chi connectivity index (χ0v) is 19.6. The second-order valence-electron chi connectivity index (χ2n) is 7.82. The van der Waals surface area contributed by atoms with Crippen molar-refractivity contribution in [3.8, 4) is 10.4 Å². The number of furan rings is 1. The minimum Gasteiger partial charge on any atom is -0.464 e. The number of hydrogen-bond acceptors (Lipinski definition) is 6. The number of carbonyl (C=O) groups excluding carboxylic acids is 2. The van der Waals surface area contributed by atoms with Gasteiger partial charge in [-0.1, -0.05) is 12.1 Å². The summed E-state index contributed by atoms with van der Waals surface area (Å²) in [5.41, 5.74) is 1.74. The van der Waals surface area contributed by atoms with Gasteiger partial charge in [0.25, 0.3) is 11.8 Å². The van der Waals surface area contributed by atoms with E-state index in [0.717, 1.165) is 17.5 Å². The van der Waals surface area contributed by atoms with Crippen LogP contribution in [0, 0.1) is 18.6 Å². The summed E-state index contributed by atoms with van der Waals surface area (Å²) in [5.74, 6) is -1.37. The smallest absolute Gasteiger partial charge is 0.275 e. The lowest BCUT2D eigenvalue weighted by atomic mass is 10.1. The number of benzene rings is 2. The maximum Gasteiger partial charge on any atom is 0.275 e. The van der Waals surface area contributed by atoms with Gasteiger partial charge in [-0.25, -0.2) is 13.8 Å². The molecule has 0 spiro atoms. The third-order valence-electron chi connectivity index (χ3n) is 5.60. The van der Waals surface area contributed by atoms with Gasteiger partial charge in [0.2, 0.25) is 0 Å². The van der Waals surface area contributed by atoms with Crippen LogP contribution in [-0.2, 0) is 0 Å². The number of nitrogens with zero attached hydrogens (tertiary/aromatic N) is 2. The molecule has 34 heavy (non-hydrogen) atoms. The number of carbonyl (C=O) groups is 2. The predicted molar refractivity (Wildman–Crippen MR) is 128 cm³/mol. The third-order valence-corrected chi connectivity index (χ3v) is 7.70. The van der Waals surface area contributed by atoms with E-state index >= 15 is 0 Å². The normalized spacial score (nSPS) is 15.7. The number of aromatic nitrogens is 1. The molecular weight excluding hydrogens is 480 g/mol. The van der Waals surface area contributed by atoms with Gasteiger partial charge in [-0.3, -0.25) is 9.59 Å². The average Bonchev–Trinajstić information content (AvgIpc) is 3.57. The Morgan fingerprint density at radius 1 is 1.21 bits per heavy atom. The highest BCUT2D eigenvalue weighted by molar-refractivity contribution is 7.99. The summed E-state index contributed by atoms with van der Waals surface area (Å²) in [5, 5.41) is 4.30. The molecule has 174 valence electrons. The summed E-state index contributed by atoms with van der Waals surface area (Å²) >= 11 is 2.84. The molecule has 1 atom stereocenters. The van der Waals surface area contributed by atoms with Crippen molar-refractivity contribution in [2.45, 2.75) is 13.0 Å². The van der Waals surface area contributed by atoms with E-state index in [1.54, 1.807) is 47.9 Å². The van der Waals surface area contributed by atoms with Crippen LogP contribution in [0.5, 0.6) is 0 Å². The van der Waals surface area contributed by atoms with Crippen LogP contribution in [-0.4, -0.2) is 45.9 Å². The van der Waals surface area contributed by atoms with E-state index in [2.05, 4.69) is 10.3 Å². The van der Waals surface area contributed by atoms with Gasteiger partial charge < -0.3 is 14.6 Å². The van der Waals surface area contributed by atoms with Crippen molar-refractivity contribution in [2.24, 2.45) is 0 Å². The third kappa shape index (κ3) is 4.19. The largest absolute Gasteiger partial charge is 0.464 e. The Labute approximate surface area is 202 Å². The molecular formula is C24H19F2N3O3S2. The summed E-state index contributed by atoms with van der Waals surface area (Å²) in [6, 6.07) is 10.3. The Morgan fingerprint density at radius 3 is 2.88 bits per heavy atom. The van der Waals surface area contributed by atoms with Crippen molar-refractivity contribution in [3.05, 3.63) is 76.6 Å². The number of thiazole rings is 1. The number of thioether (sulfide) groups is 1. The first-order valence-electron chi connectivity index (χ1n) is 10.5. The molecule has 0 radical (unpaired) electrons. The molecule has 1 saturated heterocycles. The number of halogens is 2. The molecule has 5 rings (SSSR count). The summed E-state index contributed by atoms with van der Waals surface area (Å²) in [6.07, 6.45) is 1.54. The van der Waals surface area contributed by atoms with Gasteiger partial charge in [-0.2, -0.15) is 0 Å². The van der Waals surface area contributed by atoms with Crippen LogP contribution in [0.15, 0.2) is 53.1 Å². The van der Waals surface area contributed by atoms with Crippen LogP contribution in [0.2, 0.25) is 0 Å². The average molecular weight is 500 g/mol. The minimum atomic E-state index is -0.980. The second kappa shape index (κ2) is 9.19. The van der Waals surface area contributed by atoms with Crippen molar-refractivity contribution in [3.63, 3.8) is 0 Å². The number of rotatable bonds is 5. The lowest BCUT2D eigenvalue weighted by Gasteiger charge is -2.24. The van der Waals surface area contributed by atoms with E-state index in [0.29, 0.717) is 38.2 Å². The Kier molecular flexibility index (Phi) is 6.09. The van der Waals surface area contributed by atoms with Gasteiger partial charge in [0, 0.05) is 17.7 Å². The first-order valence-corrected chi connectivity index (χ1v) is 12.5. The number of hydrogen-bond donors (Lipinski definition) is 1. The molecule has 1 N–H and O–H groups in total. The van der Waals surface area contributed by atoms with Gasteiger partial charge in [0.1, 0.15) is 11.3 Å². The van der Waals surface area contributed by atoms with Crippen molar-refractivity contribution in [2.75, 3.05) is 18.2 Å². The Balaban J connectivity index is 1.34. The van der Waals surface area contributed by atoms with Crippen molar-refractivity contribution in [1.82, 2.24) is 15.2 Å². The highest BCUT2D eigenvalue weighted by Crippen LogP contribution is 2.33. The molecule has 2 aromatic carbocycles. The fraction of sp³-hybridized carbons (Fsp3) is 0.208. The SMILES string of the molecule is Cc1nc(C(=O)N2CSC[C@H]2CNC(=O)c2cccc3occc23)c(-c2ccc(F)c(F)c2)s1. The summed E-state index contributed by atoms with van der Waals surface area (Å²) in [6.45, 7) is 2.03. The molecule has 1 aliphatic heterocycles. The molecule has 2 aromatic heterocycles. The Hall–Kier alpha value is -3.24. The van der Waals surface area contributed by atoms with Gasteiger partial charge in [-0.15, -0.1) is 23.1 Å². The van der Waals surface area contributed by atoms with E-state index in [-0.39, 0.29) is 30.1 Å². The van der Waals surface area contributed by atoms with Gasteiger partial charge in [-0.05, 0) is 42.8 Å². The van der Waals surface area contributed by atoms with Gasteiger partial charge in [0.05, 0.1) is 33.6 Å². The van der Waals surface area contributed by atoms with E-state index < -0.39 is 11.6 Å². The van der Waals surface area contributed by atoms with E-state index in [9.17, 15) is 18.4 Å². The Morgan fingerprint density at radius 2 is 2.06 bits per heavy atom. The van der Waals surface area contributed by atoms with E-state index in [1.165, 1.54) is 23.7 Å². The summed E-state index contributed by atoms with van der Waals surface area (Å²) in [4.78, 5) is 32.8. The zero-order valence-electron chi connectivity index (χ0n) is 18.0. The first kappa shape index (κ1) is 22.5. The maximum absolute atomic E-state index is 13.8. The Bertz CT molecular complexity index is 1400. The van der Waals surface area contributed by atoms with Crippen molar-refractivity contribution >= 4 is 45.9 Å². The molecule has 0 saturated carbocycles. The maximum atomic E-state index is 13.8. The van der Waals surface area contributed by atoms with Crippen LogP contribution >= 0.6 is 23.1 Å². The molecule has 6 nitrogen and oxygen atoms in total. The zero-order chi connectivity index (χ0) is 23.8. The number of nitrogens with one attached hydrogen (secondary N) is 1. The van der Waals surface area contributed by atoms with Crippen molar-refractivity contribution in [1.29, 1.82) is 0 Å².